The molecule has 0 bridgehead atoms. The van der Waals surface area contributed by atoms with Gasteiger partial charge in [0.05, 0.1) is 16.3 Å². The number of halogens is 1. The summed E-state index contributed by atoms with van der Waals surface area (Å²) in [5.41, 5.74) is 2.89. The molecule has 4 rings (SSSR count). The summed E-state index contributed by atoms with van der Waals surface area (Å²) in [5.74, 6) is 1.15. The molecule has 0 saturated carbocycles. The Kier molecular flexibility index (Phi) is 8.71. The summed E-state index contributed by atoms with van der Waals surface area (Å²) in [7, 11) is 0. The van der Waals surface area contributed by atoms with Crippen molar-refractivity contribution in [1.29, 1.82) is 0 Å². The molecule has 39 heavy (non-hydrogen) atoms. The Labute approximate surface area is 232 Å². The Balaban J connectivity index is 1.41. The number of carbonyl (C=O) groups excluding carboxylic acids is 2. The largest absolute Gasteiger partial charge is 0.457 e. The van der Waals surface area contributed by atoms with Gasteiger partial charge in [-0.3, -0.25) is 19.7 Å². The number of nitrogens with one attached hydrogen (secondary N) is 1. The molecule has 0 atom stereocenters. The average molecular weight is 551 g/mol. The molecule has 0 spiro atoms. The highest BCUT2D eigenvalue weighted by Gasteiger charge is 2.23. The van der Waals surface area contributed by atoms with Crippen LogP contribution in [0.5, 0.6) is 0 Å². The number of hydrogen-bond donors (Lipinski definition) is 1. The van der Waals surface area contributed by atoms with Crippen molar-refractivity contribution in [2.45, 2.75) is 27.2 Å². The molecule has 3 aromatic rings. The third kappa shape index (κ3) is 7.06. The SMILES string of the molecule is Cc1cc([N+](=O)[O-])ccc1-c1ccc(/C=C/C(=O)Nc2cc(Cl)ccc2N2CCN(C(=O)CC(C)C)CC2)o1. The van der Waals surface area contributed by atoms with Gasteiger partial charge in [-0.25, -0.2) is 0 Å². The number of nitro groups is 1. The molecule has 1 N–H and O–H groups in total. The Bertz CT molecular complexity index is 1410. The third-order valence-electron chi connectivity index (χ3n) is 6.48. The van der Waals surface area contributed by atoms with Gasteiger partial charge < -0.3 is 19.5 Å². The monoisotopic (exact) mass is 550 g/mol. The summed E-state index contributed by atoms with van der Waals surface area (Å²) in [6.07, 6.45) is 3.47. The first-order valence-electron chi connectivity index (χ1n) is 12.8. The van der Waals surface area contributed by atoms with Gasteiger partial charge in [0, 0.05) is 61.4 Å². The maximum absolute atomic E-state index is 12.8. The summed E-state index contributed by atoms with van der Waals surface area (Å²) in [6.45, 7) is 8.40. The second kappa shape index (κ2) is 12.2. The predicted octanol–water partition coefficient (Wildman–Crippen LogP) is 6.16. The summed E-state index contributed by atoms with van der Waals surface area (Å²) in [5, 5.41) is 14.4. The van der Waals surface area contributed by atoms with Crippen molar-refractivity contribution in [1.82, 2.24) is 4.90 Å². The quantitative estimate of drug-likeness (QED) is 0.204. The van der Waals surface area contributed by atoms with E-state index in [1.165, 1.54) is 18.2 Å². The highest BCUT2D eigenvalue weighted by atomic mass is 35.5. The maximum Gasteiger partial charge on any atom is 0.269 e. The van der Waals surface area contributed by atoms with Gasteiger partial charge in [-0.1, -0.05) is 25.4 Å². The minimum atomic E-state index is -0.439. The number of non-ortho nitro benzene ring substituents is 1. The number of rotatable bonds is 8. The van der Waals surface area contributed by atoms with Crippen molar-refractivity contribution in [2.24, 2.45) is 5.92 Å². The van der Waals surface area contributed by atoms with Gasteiger partial charge in [-0.05, 0) is 60.9 Å². The van der Waals surface area contributed by atoms with E-state index in [1.54, 1.807) is 43.3 Å². The van der Waals surface area contributed by atoms with Gasteiger partial charge in [-0.15, -0.1) is 0 Å². The molecule has 0 aliphatic carbocycles. The van der Waals surface area contributed by atoms with Crippen molar-refractivity contribution in [3.8, 4) is 11.3 Å². The topological polar surface area (TPSA) is 109 Å². The lowest BCUT2D eigenvalue weighted by molar-refractivity contribution is -0.384. The van der Waals surface area contributed by atoms with E-state index in [-0.39, 0.29) is 17.5 Å². The zero-order chi connectivity index (χ0) is 28.1. The second-order valence-electron chi connectivity index (χ2n) is 9.91. The van der Waals surface area contributed by atoms with Gasteiger partial charge in [-0.2, -0.15) is 0 Å². The van der Waals surface area contributed by atoms with E-state index in [9.17, 15) is 19.7 Å². The molecule has 2 aromatic carbocycles. The zero-order valence-corrected chi connectivity index (χ0v) is 22.9. The van der Waals surface area contributed by atoms with Gasteiger partial charge in [0.15, 0.2) is 0 Å². The lowest BCUT2D eigenvalue weighted by atomic mass is 10.1. The highest BCUT2D eigenvalue weighted by Crippen LogP contribution is 2.31. The van der Waals surface area contributed by atoms with Crippen LogP contribution in [-0.4, -0.2) is 47.8 Å². The minimum absolute atomic E-state index is 0.0153. The number of amides is 2. The van der Waals surface area contributed by atoms with E-state index in [4.69, 9.17) is 16.0 Å². The van der Waals surface area contributed by atoms with Crippen molar-refractivity contribution in [2.75, 3.05) is 36.4 Å². The van der Waals surface area contributed by atoms with E-state index < -0.39 is 4.92 Å². The Morgan fingerprint density at radius 3 is 2.51 bits per heavy atom. The molecule has 1 aliphatic heterocycles. The number of benzene rings is 2. The average Bonchev–Trinajstić information content (AvgIpc) is 3.36. The maximum atomic E-state index is 12.8. The smallest absolute Gasteiger partial charge is 0.269 e. The fourth-order valence-corrected chi connectivity index (χ4v) is 4.69. The zero-order valence-electron chi connectivity index (χ0n) is 22.1. The molecule has 1 aliphatic rings. The number of hydrogen-bond acceptors (Lipinski definition) is 6. The van der Waals surface area contributed by atoms with Crippen LogP contribution in [0.4, 0.5) is 17.1 Å². The van der Waals surface area contributed by atoms with Crippen LogP contribution in [-0.2, 0) is 9.59 Å². The molecule has 2 heterocycles. The van der Waals surface area contributed by atoms with E-state index in [1.807, 2.05) is 24.8 Å². The predicted molar refractivity (Wildman–Crippen MR) is 153 cm³/mol. The Morgan fingerprint density at radius 2 is 1.85 bits per heavy atom. The molecule has 204 valence electrons. The number of carbonyl (C=O) groups is 2. The normalized spacial score (nSPS) is 13.8. The first-order chi connectivity index (χ1) is 18.6. The van der Waals surface area contributed by atoms with E-state index in [0.717, 1.165) is 11.3 Å². The standard InChI is InChI=1S/C29H31ClN4O5/c1-19(2)16-29(36)33-14-12-32(13-15-33)26-9-4-21(30)18-25(26)31-28(35)11-7-23-6-10-27(39-23)24-8-5-22(34(37)38)17-20(24)3/h4-11,17-19H,12-16H2,1-3H3,(H,31,35)/b11-7+. The molecular formula is C29H31ClN4O5. The van der Waals surface area contributed by atoms with Crippen LogP contribution < -0.4 is 10.2 Å². The van der Waals surface area contributed by atoms with E-state index in [2.05, 4.69) is 10.2 Å². The summed E-state index contributed by atoms with van der Waals surface area (Å²) in [6, 6.07) is 13.4. The van der Waals surface area contributed by atoms with Crippen LogP contribution in [0.25, 0.3) is 17.4 Å². The number of anilines is 2. The van der Waals surface area contributed by atoms with Crippen molar-refractivity contribution < 1.29 is 18.9 Å². The number of nitro benzene ring substituents is 1. The van der Waals surface area contributed by atoms with Crippen LogP contribution in [0.1, 0.15) is 31.6 Å². The first kappa shape index (κ1) is 27.9. The summed E-state index contributed by atoms with van der Waals surface area (Å²) < 4.78 is 5.84. The van der Waals surface area contributed by atoms with Crippen molar-refractivity contribution >= 4 is 46.6 Å². The van der Waals surface area contributed by atoms with E-state index in [0.29, 0.717) is 66.3 Å². The molecule has 2 amide bonds. The van der Waals surface area contributed by atoms with Gasteiger partial charge in [0.2, 0.25) is 11.8 Å². The van der Waals surface area contributed by atoms with Crippen LogP contribution in [0.15, 0.2) is 59.0 Å². The molecule has 0 unspecified atom stereocenters. The Morgan fingerprint density at radius 1 is 1.10 bits per heavy atom. The van der Waals surface area contributed by atoms with Crippen LogP contribution in [0.2, 0.25) is 5.02 Å². The fraction of sp³-hybridized carbons (Fsp3) is 0.310. The van der Waals surface area contributed by atoms with Gasteiger partial charge in [0.25, 0.3) is 5.69 Å². The number of furan rings is 1. The molecule has 9 nitrogen and oxygen atoms in total. The third-order valence-corrected chi connectivity index (χ3v) is 6.72. The molecule has 1 fully saturated rings. The second-order valence-corrected chi connectivity index (χ2v) is 10.3. The van der Waals surface area contributed by atoms with Crippen LogP contribution >= 0.6 is 11.6 Å². The van der Waals surface area contributed by atoms with Gasteiger partial charge in [0.1, 0.15) is 11.5 Å². The minimum Gasteiger partial charge on any atom is -0.457 e. The lowest BCUT2D eigenvalue weighted by Gasteiger charge is -2.37. The molecule has 1 saturated heterocycles. The molecule has 10 heteroatoms. The fourth-order valence-electron chi connectivity index (χ4n) is 4.52. The van der Waals surface area contributed by atoms with E-state index >= 15 is 0 Å². The molecular weight excluding hydrogens is 520 g/mol. The van der Waals surface area contributed by atoms with Crippen LogP contribution in [0, 0.1) is 23.0 Å². The first-order valence-corrected chi connectivity index (χ1v) is 13.1. The Hall–Kier alpha value is -4.11. The number of nitrogens with zero attached hydrogens (tertiary/aromatic N) is 3. The van der Waals surface area contributed by atoms with Crippen LogP contribution in [0.3, 0.4) is 0 Å². The number of piperazine rings is 1. The van der Waals surface area contributed by atoms with Gasteiger partial charge >= 0.3 is 0 Å². The highest BCUT2D eigenvalue weighted by molar-refractivity contribution is 6.31. The summed E-state index contributed by atoms with van der Waals surface area (Å²) >= 11 is 6.23. The summed E-state index contributed by atoms with van der Waals surface area (Å²) in [4.78, 5) is 39.8. The van der Waals surface area contributed by atoms with Crippen molar-refractivity contribution in [3.63, 3.8) is 0 Å². The lowest BCUT2D eigenvalue weighted by Crippen LogP contribution is -2.49. The molecule has 1 aromatic heterocycles. The molecule has 0 radical (unpaired) electrons. The number of aryl methyl sites for hydroxylation is 1. The van der Waals surface area contributed by atoms with Crippen molar-refractivity contribution in [3.05, 3.63) is 81.1 Å².